The number of aromatic nitrogens is 3. The summed E-state index contributed by atoms with van der Waals surface area (Å²) in [6.07, 6.45) is 0. The van der Waals surface area contributed by atoms with Crippen LogP contribution in [0.4, 0.5) is 0 Å². The molecule has 0 N–H and O–H groups in total. The van der Waals surface area contributed by atoms with Crippen LogP contribution in [0, 0.1) is 0 Å². The van der Waals surface area contributed by atoms with E-state index in [9.17, 15) is 0 Å². The highest BCUT2D eigenvalue weighted by Gasteiger charge is 2.19. The van der Waals surface area contributed by atoms with Gasteiger partial charge in [-0.05, 0) is 34.4 Å². The molecule has 0 aliphatic rings. The average molecular weight is 718 g/mol. The molecule has 0 bridgehead atoms. The van der Waals surface area contributed by atoms with Crippen LogP contribution in [-0.2, 0) is 0 Å². The van der Waals surface area contributed by atoms with E-state index in [0.717, 1.165) is 82.8 Å². The number of benzene rings is 8. The Bertz CT molecular complexity index is 3220. The van der Waals surface area contributed by atoms with E-state index < -0.39 is 0 Å². The normalized spacial score (nSPS) is 11.6. The highest BCUT2D eigenvalue weighted by atomic mass is 16.3. The minimum Gasteiger partial charge on any atom is -0.456 e. The summed E-state index contributed by atoms with van der Waals surface area (Å²) in [4.78, 5) is 15.1. The molecule has 11 rings (SSSR count). The number of hydrogen-bond donors (Lipinski definition) is 0. The first-order chi connectivity index (χ1) is 27.7. The van der Waals surface area contributed by atoms with Crippen LogP contribution in [0.25, 0.3) is 111 Å². The fraction of sp³-hybridized carbons (Fsp3) is 0. The van der Waals surface area contributed by atoms with Gasteiger partial charge >= 0.3 is 0 Å². The Morgan fingerprint density at radius 3 is 1.34 bits per heavy atom. The molecule has 0 fully saturated rings. The first-order valence-electron chi connectivity index (χ1n) is 18.7. The average Bonchev–Trinajstić information content (AvgIpc) is 3.86. The van der Waals surface area contributed by atoms with Crippen LogP contribution in [0.2, 0.25) is 0 Å². The molecule has 0 radical (unpaired) electrons. The van der Waals surface area contributed by atoms with E-state index in [2.05, 4.69) is 121 Å². The lowest BCUT2D eigenvalue weighted by Crippen LogP contribution is -2.00. The van der Waals surface area contributed by atoms with Gasteiger partial charge in [-0.15, -0.1) is 0 Å². The lowest BCUT2D eigenvalue weighted by molar-refractivity contribution is 0.669. The first kappa shape index (κ1) is 31.9. The third-order valence-corrected chi connectivity index (χ3v) is 10.6. The van der Waals surface area contributed by atoms with Crippen molar-refractivity contribution >= 4 is 43.9 Å². The van der Waals surface area contributed by atoms with Crippen LogP contribution in [-0.4, -0.2) is 15.0 Å². The number of furan rings is 2. The summed E-state index contributed by atoms with van der Waals surface area (Å²) in [6.45, 7) is 0. The fourth-order valence-corrected chi connectivity index (χ4v) is 7.85. The van der Waals surface area contributed by atoms with Crippen LogP contribution in [0.5, 0.6) is 0 Å². The summed E-state index contributed by atoms with van der Waals surface area (Å²) in [6, 6.07) is 64.5. The molecular weight excluding hydrogens is 687 g/mol. The summed E-state index contributed by atoms with van der Waals surface area (Å²) in [7, 11) is 0. The summed E-state index contributed by atoms with van der Waals surface area (Å²) in [5.41, 5.74) is 12.7. The van der Waals surface area contributed by atoms with Gasteiger partial charge in [0, 0.05) is 49.4 Å². The minimum absolute atomic E-state index is 0.590. The van der Waals surface area contributed by atoms with Crippen LogP contribution < -0.4 is 0 Å². The van der Waals surface area contributed by atoms with Crippen LogP contribution >= 0.6 is 0 Å². The Balaban J connectivity index is 0.998. The van der Waals surface area contributed by atoms with Crippen LogP contribution in [0.15, 0.2) is 197 Å². The molecular formula is C51H31N3O2. The molecule has 0 amide bonds. The number of hydrogen-bond acceptors (Lipinski definition) is 5. The quantitative estimate of drug-likeness (QED) is 0.171. The summed E-state index contributed by atoms with van der Waals surface area (Å²) in [5.74, 6) is 1.79. The summed E-state index contributed by atoms with van der Waals surface area (Å²) >= 11 is 0. The number of fused-ring (bicyclic) bond motifs is 6. The van der Waals surface area contributed by atoms with Gasteiger partial charge in [-0.2, -0.15) is 0 Å². The highest BCUT2D eigenvalue weighted by molar-refractivity contribution is 6.13. The summed E-state index contributed by atoms with van der Waals surface area (Å²) < 4.78 is 13.0. The van der Waals surface area contributed by atoms with Gasteiger partial charge in [-0.1, -0.05) is 176 Å². The highest BCUT2D eigenvalue weighted by Crippen LogP contribution is 2.41. The zero-order valence-corrected chi connectivity index (χ0v) is 30.1. The van der Waals surface area contributed by atoms with Crippen molar-refractivity contribution in [2.24, 2.45) is 0 Å². The lowest BCUT2D eigenvalue weighted by atomic mass is 9.98. The molecule has 3 aromatic heterocycles. The van der Waals surface area contributed by atoms with Gasteiger partial charge < -0.3 is 8.83 Å². The third-order valence-electron chi connectivity index (χ3n) is 10.6. The maximum atomic E-state index is 6.80. The molecule has 0 atom stereocenters. The fourth-order valence-electron chi connectivity index (χ4n) is 7.85. The Hall–Kier alpha value is -7.63. The zero-order valence-electron chi connectivity index (χ0n) is 30.1. The van der Waals surface area contributed by atoms with E-state index in [1.54, 1.807) is 0 Å². The van der Waals surface area contributed by atoms with E-state index >= 15 is 0 Å². The van der Waals surface area contributed by atoms with Crippen molar-refractivity contribution in [3.8, 4) is 67.5 Å². The molecule has 11 aromatic rings. The molecule has 56 heavy (non-hydrogen) atoms. The molecule has 5 nitrogen and oxygen atoms in total. The molecule has 262 valence electrons. The predicted molar refractivity (Wildman–Crippen MR) is 227 cm³/mol. The Labute approximate surface area is 322 Å². The maximum absolute atomic E-state index is 6.80. The molecule has 5 heteroatoms. The van der Waals surface area contributed by atoms with E-state index in [1.807, 2.05) is 66.7 Å². The van der Waals surface area contributed by atoms with Gasteiger partial charge in [-0.3, -0.25) is 0 Å². The molecule has 3 heterocycles. The first-order valence-corrected chi connectivity index (χ1v) is 18.7. The van der Waals surface area contributed by atoms with E-state index in [4.69, 9.17) is 23.8 Å². The Morgan fingerprint density at radius 1 is 0.268 bits per heavy atom. The standard InChI is InChI=1S/C51H31N3O2/c1-3-12-32(13-4-1)33-24-26-34(27-25-33)38-17-9-19-40-41-20-10-18-39(48(41)56-47(38)40)35-28-30-37(31-29-35)50-52-49(36-14-5-2-6-15-36)53-51(54-50)43-21-11-23-45-46(43)42-16-7-8-22-44(42)55-45/h1-31H. The number of para-hydroxylation sites is 3. The Kier molecular flexibility index (Phi) is 7.42. The molecule has 0 aliphatic carbocycles. The van der Waals surface area contributed by atoms with Gasteiger partial charge in [0.25, 0.3) is 0 Å². The monoisotopic (exact) mass is 717 g/mol. The predicted octanol–water partition coefficient (Wildman–Crippen LogP) is 13.7. The maximum Gasteiger partial charge on any atom is 0.164 e. The zero-order chi connectivity index (χ0) is 37.0. The number of nitrogens with zero attached hydrogens (tertiary/aromatic N) is 3. The topological polar surface area (TPSA) is 65.0 Å². The minimum atomic E-state index is 0.590. The van der Waals surface area contributed by atoms with Crippen molar-refractivity contribution in [3.05, 3.63) is 188 Å². The smallest absolute Gasteiger partial charge is 0.164 e. The van der Waals surface area contributed by atoms with Gasteiger partial charge in [0.2, 0.25) is 0 Å². The summed E-state index contributed by atoms with van der Waals surface area (Å²) in [5, 5.41) is 4.19. The molecule has 8 aromatic carbocycles. The van der Waals surface area contributed by atoms with Crippen molar-refractivity contribution in [2.45, 2.75) is 0 Å². The van der Waals surface area contributed by atoms with Gasteiger partial charge in [0.05, 0.1) is 0 Å². The SMILES string of the molecule is c1ccc(-c2ccc(-c3cccc4c3oc3c(-c5ccc(-c6nc(-c7ccccc7)nc(-c7cccc8oc9ccccc9c78)n6)cc5)cccc34)cc2)cc1. The second-order valence-corrected chi connectivity index (χ2v) is 13.9. The van der Waals surface area contributed by atoms with Crippen molar-refractivity contribution in [1.29, 1.82) is 0 Å². The van der Waals surface area contributed by atoms with Crippen molar-refractivity contribution in [3.63, 3.8) is 0 Å². The van der Waals surface area contributed by atoms with Crippen molar-refractivity contribution in [2.75, 3.05) is 0 Å². The second kappa shape index (κ2) is 13.0. The van der Waals surface area contributed by atoms with E-state index in [0.29, 0.717) is 17.5 Å². The number of rotatable bonds is 6. The molecule has 0 saturated heterocycles. The molecule has 0 aliphatic heterocycles. The van der Waals surface area contributed by atoms with Gasteiger partial charge in [0.15, 0.2) is 17.5 Å². The largest absolute Gasteiger partial charge is 0.456 e. The Morgan fingerprint density at radius 2 is 0.696 bits per heavy atom. The van der Waals surface area contributed by atoms with Crippen molar-refractivity contribution < 1.29 is 8.83 Å². The lowest BCUT2D eigenvalue weighted by Gasteiger charge is -2.10. The molecule has 0 saturated carbocycles. The van der Waals surface area contributed by atoms with Crippen LogP contribution in [0.3, 0.4) is 0 Å². The molecule has 0 spiro atoms. The third kappa shape index (κ3) is 5.37. The van der Waals surface area contributed by atoms with Crippen molar-refractivity contribution in [1.82, 2.24) is 15.0 Å². The second-order valence-electron chi connectivity index (χ2n) is 13.9. The van der Waals surface area contributed by atoms with E-state index in [-0.39, 0.29) is 0 Å². The molecule has 0 unspecified atom stereocenters. The van der Waals surface area contributed by atoms with Gasteiger partial charge in [-0.25, -0.2) is 15.0 Å². The van der Waals surface area contributed by atoms with Crippen LogP contribution in [0.1, 0.15) is 0 Å². The van der Waals surface area contributed by atoms with Gasteiger partial charge in [0.1, 0.15) is 22.3 Å². The van der Waals surface area contributed by atoms with E-state index in [1.165, 1.54) is 11.1 Å².